The number of amides is 1. The molecule has 0 fully saturated rings. The van der Waals surface area contributed by atoms with Crippen molar-refractivity contribution in [3.8, 4) is 17.1 Å². The molecule has 0 saturated heterocycles. The summed E-state index contributed by atoms with van der Waals surface area (Å²) in [5.41, 5.74) is 5.64. The predicted molar refractivity (Wildman–Crippen MR) is 130 cm³/mol. The third kappa shape index (κ3) is 5.49. The second-order valence-electron chi connectivity index (χ2n) is 6.57. The van der Waals surface area contributed by atoms with E-state index in [0.29, 0.717) is 5.16 Å². The van der Waals surface area contributed by atoms with Crippen molar-refractivity contribution in [3.05, 3.63) is 81.0 Å². The van der Waals surface area contributed by atoms with E-state index >= 15 is 0 Å². The van der Waals surface area contributed by atoms with E-state index in [0.717, 1.165) is 25.7 Å². The highest BCUT2D eigenvalue weighted by atomic mass is 79.9. The summed E-state index contributed by atoms with van der Waals surface area (Å²) in [6.07, 6.45) is 1.62. The number of rotatable bonds is 7. The number of hydrogen-bond donors (Lipinski definition) is 1. The Balaban J connectivity index is 1.50. The fourth-order valence-corrected chi connectivity index (χ4v) is 4.83. The number of nitrogens with zero attached hydrogens (tertiary/aromatic N) is 4. The number of aryl methyl sites for hydroxylation is 1. The van der Waals surface area contributed by atoms with Crippen LogP contribution in [0.15, 0.2) is 80.8 Å². The number of thiophene rings is 1. The molecule has 0 saturated carbocycles. The molecule has 0 bridgehead atoms. The van der Waals surface area contributed by atoms with Crippen molar-refractivity contribution in [1.29, 1.82) is 0 Å². The Kier molecular flexibility index (Phi) is 6.96. The summed E-state index contributed by atoms with van der Waals surface area (Å²) in [6.45, 7) is 2.05. The fourth-order valence-electron chi connectivity index (χ4n) is 2.79. The van der Waals surface area contributed by atoms with Gasteiger partial charge in [0, 0.05) is 16.1 Å². The summed E-state index contributed by atoms with van der Waals surface area (Å²) in [6, 6.07) is 21.9. The van der Waals surface area contributed by atoms with E-state index in [1.807, 2.05) is 78.2 Å². The Morgan fingerprint density at radius 1 is 1.13 bits per heavy atom. The van der Waals surface area contributed by atoms with Crippen LogP contribution in [0.5, 0.6) is 0 Å². The van der Waals surface area contributed by atoms with E-state index in [-0.39, 0.29) is 11.7 Å². The molecule has 0 aliphatic rings. The van der Waals surface area contributed by atoms with Crippen molar-refractivity contribution >= 4 is 51.2 Å². The summed E-state index contributed by atoms with van der Waals surface area (Å²) in [5.74, 6) is 0.691. The number of carbonyl (C=O) groups excluding carboxylic acids is 1. The third-order valence-electron chi connectivity index (χ3n) is 4.26. The number of para-hydroxylation sites is 1. The van der Waals surface area contributed by atoms with Crippen LogP contribution < -0.4 is 5.43 Å². The van der Waals surface area contributed by atoms with Gasteiger partial charge in [-0.15, -0.1) is 21.5 Å². The molecule has 1 N–H and O–H groups in total. The Bertz CT molecular complexity index is 1200. The van der Waals surface area contributed by atoms with Gasteiger partial charge in [0.2, 0.25) is 0 Å². The second kappa shape index (κ2) is 10.0. The number of aromatic nitrogens is 3. The number of carbonyl (C=O) groups is 1. The minimum absolute atomic E-state index is 0.171. The fraction of sp³-hybridized carbons (Fsp3) is 0.0909. The summed E-state index contributed by atoms with van der Waals surface area (Å²) in [5, 5.41) is 13.4. The van der Waals surface area contributed by atoms with Crippen LogP contribution in [0.2, 0.25) is 0 Å². The molecule has 0 aliphatic heterocycles. The molecule has 156 valence electrons. The molecular formula is C22H18BrN5OS2. The summed E-state index contributed by atoms with van der Waals surface area (Å²) in [7, 11) is 0. The average molecular weight is 512 g/mol. The maximum atomic E-state index is 12.3. The van der Waals surface area contributed by atoms with Crippen molar-refractivity contribution < 1.29 is 4.79 Å². The van der Waals surface area contributed by atoms with E-state index in [4.69, 9.17) is 0 Å². The molecule has 9 heteroatoms. The van der Waals surface area contributed by atoms with Gasteiger partial charge in [-0.2, -0.15) is 5.10 Å². The Labute approximate surface area is 196 Å². The maximum Gasteiger partial charge on any atom is 0.250 e. The van der Waals surface area contributed by atoms with Crippen LogP contribution in [0.25, 0.3) is 17.1 Å². The minimum atomic E-state index is -0.212. The molecule has 31 heavy (non-hydrogen) atoms. The number of nitrogens with one attached hydrogen (secondary N) is 1. The van der Waals surface area contributed by atoms with Crippen LogP contribution in [0.4, 0.5) is 0 Å². The SMILES string of the molecule is Cc1ccc(-c2nnc(SCC(=O)NN=Cc3ccc(Br)s3)n2-c2ccccc2)cc1. The first kappa shape index (κ1) is 21.5. The molecule has 2 heterocycles. The molecule has 0 unspecified atom stereocenters. The lowest BCUT2D eigenvalue weighted by Crippen LogP contribution is -2.19. The minimum Gasteiger partial charge on any atom is -0.272 e. The highest BCUT2D eigenvalue weighted by molar-refractivity contribution is 9.11. The van der Waals surface area contributed by atoms with E-state index in [9.17, 15) is 4.79 Å². The van der Waals surface area contributed by atoms with Crippen LogP contribution in [0.3, 0.4) is 0 Å². The van der Waals surface area contributed by atoms with Gasteiger partial charge in [0.1, 0.15) is 0 Å². The summed E-state index contributed by atoms with van der Waals surface area (Å²) >= 11 is 6.26. The molecule has 0 atom stereocenters. The topological polar surface area (TPSA) is 72.2 Å². The number of thioether (sulfide) groups is 1. The zero-order chi connectivity index (χ0) is 21.6. The quantitative estimate of drug-likeness (QED) is 0.207. The standard InChI is InChI=1S/C22H18BrN5OS2/c1-15-7-9-16(10-8-15)21-26-27-22(28(21)17-5-3-2-4-6-17)30-14-20(29)25-24-13-18-11-12-19(23)31-18/h2-13H,14H2,1H3,(H,25,29). The molecular weight excluding hydrogens is 494 g/mol. The molecule has 1 amide bonds. The normalized spacial score (nSPS) is 11.2. The number of halogens is 1. The van der Waals surface area contributed by atoms with Gasteiger partial charge in [0.05, 0.1) is 15.8 Å². The number of hydrogen-bond acceptors (Lipinski definition) is 6. The summed E-state index contributed by atoms with van der Waals surface area (Å²) < 4.78 is 2.98. The van der Waals surface area contributed by atoms with E-state index in [1.165, 1.54) is 28.7 Å². The first-order chi connectivity index (χ1) is 15.1. The lowest BCUT2D eigenvalue weighted by atomic mass is 10.1. The summed E-state index contributed by atoms with van der Waals surface area (Å²) in [4.78, 5) is 13.2. The van der Waals surface area contributed by atoms with Gasteiger partial charge in [-0.05, 0) is 47.1 Å². The van der Waals surface area contributed by atoms with Crippen molar-refractivity contribution in [2.45, 2.75) is 12.1 Å². The number of benzene rings is 2. The second-order valence-corrected chi connectivity index (χ2v) is 10.0. The van der Waals surface area contributed by atoms with E-state index < -0.39 is 0 Å². The smallest absolute Gasteiger partial charge is 0.250 e. The molecule has 0 radical (unpaired) electrons. The van der Waals surface area contributed by atoms with Crippen LogP contribution in [0, 0.1) is 6.92 Å². The Morgan fingerprint density at radius 3 is 2.61 bits per heavy atom. The van der Waals surface area contributed by atoms with Gasteiger partial charge in [0.15, 0.2) is 11.0 Å². The van der Waals surface area contributed by atoms with Crippen LogP contribution in [-0.2, 0) is 4.79 Å². The highest BCUT2D eigenvalue weighted by Crippen LogP contribution is 2.28. The zero-order valence-electron chi connectivity index (χ0n) is 16.5. The van der Waals surface area contributed by atoms with Crippen molar-refractivity contribution in [1.82, 2.24) is 20.2 Å². The molecule has 6 nitrogen and oxygen atoms in total. The van der Waals surface area contributed by atoms with Gasteiger partial charge >= 0.3 is 0 Å². The van der Waals surface area contributed by atoms with Crippen molar-refractivity contribution in [3.63, 3.8) is 0 Å². The molecule has 2 aromatic carbocycles. The largest absolute Gasteiger partial charge is 0.272 e. The highest BCUT2D eigenvalue weighted by Gasteiger charge is 2.17. The molecule has 2 aromatic heterocycles. The molecule has 0 spiro atoms. The van der Waals surface area contributed by atoms with Gasteiger partial charge in [-0.25, -0.2) is 5.43 Å². The molecule has 4 rings (SSSR count). The van der Waals surface area contributed by atoms with E-state index in [1.54, 1.807) is 6.21 Å². The van der Waals surface area contributed by atoms with Crippen LogP contribution in [0.1, 0.15) is 10.4 Å². The maximum absolute atomic E-state index is 12.3. The first-order valence-corrected chi connectivity index (χ1v) is 12.0. The zero-order valence-corrected chi connectivity index (χ0v) is 19.7. The molecule has 4 aromatic rings. The van der Waals surface area contributed by atoms with Gasteiger partial charge in [-0.3, -0.25) is 9.36 Å². The van der Waals surface area contributed by atoms with Gasteiger partial charge < -0.3 is 0 Å². The van der Waals surface area contributed by atoms with Crippen LogP contribution in [-0.4, -0.2) is 32.6 Å². The first-order valence-electron chi connectivity index (χ1n) is 9.38. The van der Waals surface area contributed by atoms with Crippen molar-refractivity contribution in [2.24, 2.45) is 5.10 Å². The monoisotopic (exact) mass is 511 g/mol. The Hall–Kier alpha value is -2.75. The van der Waals surface area contributed by atoms with Gasteiger partial charge in [-0.1, -0.05) is 59.8 Å². The average Bonchev–Trinajstić information content (AvgIpc) is 3.39. The Morgan fingerprint density at radius 2 is 1.90 bits per heavy atom. The lowest BCUT2D eigenvalue weighted by Gasteiger charge is -2.10. The number of hydrazone groups is 1. The van der Waals surface area contributed by atoms with E-state index in [2.05, 4.69) is 36.7 Å². The van der Waals surface area contributed by atoms with Gasteiger partial charge in [0.25, 0.3) is 5.91 Å². The van der Waals surface area contributed by atoms with Crippen molar-refractivity contribution in [2.75, 3.05) is 5.75 Å². The lowest BCUT2D eigenvalue weighted by molar-refractivity contribution is -0.118. The third-order valence-corrected chi connectivity index (χ3v) is 6.75. The molecule has 0 aliphatic carbocycles. The van der Waals surface area contributed by atoms with Crippen LogP contribution >= 0.6 is 39.0 Å². The predicted octanol–water partition coefficient (Wildman–Crippen LogP) is 5.31.